The summed E-state index contributed by atoms with van der Waals surface area (Å²) in [5.41, 5.74) is 3.20. The molecule has 2 heterocycles. The second kappa shape index (κ2) is 8.39. The van der Waals surface area contributed by atoms with Gasteiger partial charge in [0.25, 0.3) is 0 Å². The van der Waals surface area contributed by atoms with E-state index in [1.54, 1.807) is 7.11 Å². The third-order valence-corrected chi connectivity index (χ3v) is 7.06. The van der Waals surface area contributed by atoms with E-state index < -0.39 is 9.84 Å². The largest absolute Gasteiger partial charge is 0.497 e. The van der Waals surface area contributed by atoms with Crippen LogP contribution in [0, 0.1) is 0 Å². The highest BCUT2D eigenvalue weighted by Crippen LogP contribution is 2.23. The Bertz CT molecular complexity index is 1050. The molecule has 3 aromatic rings. The highest BCUT2D eigenvalue weighted by atomic mass is 32.2. The molecule has 0 saturated carbocycles. The van der Waals surface area contributed by atoms with Gasteiger partial charge in [-0.25, -0.2) is 13.1 Å². The molecule has 1 aliphatic rings. The molecule has 0 spiro atoms. The Morgan fingerprint density at radius 2 is 1.79 bits per heavy atom. The van der Waals surface area contributed by atoms with Gasteiger partial charge in [-0.1, -0.05) is 30.3 Å². The van der Waals surface area contributed by atoms with Crippen molar-refractivity contribution in [2.24, 2.45) is 0 Å². The molecule has 29 heavy (non-hydrogen) atoms. The van der Waals surface area contributed by atoms with E-state index >= 15 is 0 Å². The fraction of sp³-hybridized carbons (Fsp3) is 0.318. The Labute approximate surface area is 171 Å². The Hall–Kier alpha value is -2.64. The summed E-state index contributed by atoms with van der Waals surface area (Å²) in [6.45, 7) is 1.33. The molecule has 1 fully saturated rings. The number of para-hydroxylation sites is 1. The molecule has 7 heteroatoms. The number of nitrogens with zero attached hydrogens (tertiary/aromatic N) is 3. The van der Waals surface area contributed by atoms with Crippen LogP contribution in [-0.4, -0.2) is 47.8 Å². The zero-order chi connectivity index (χ0) is 20.3. The van der Waals surface area contributed by atoms with Gasteiger partial charge in [-0.15, -0.1) is 0 Å². The van der Waals surface area contributed by atoms with Crippen molar-refractivity contribution in [2.45, 2.75) is 25.6 Å². The van der Waals surface area contributed by atoms with E-state index in [9.17, 15) is 8.42 Å². The first-order valence-corrected chi connectivity index (χ1v) is 11.5. The van der Waals surface area contributed by atoms with Crippen LogP contribution in [0.1, 0.15) is 17.5 Å². The summed E-state index contributed by atoms with van der Waals surface area (Å²) >= 11 is 0. The van der Waals surface area contributed by atoms with Crippen LogP contribution in [0.3, 0.4) is 0 Å². The van der Waals surface area contributed by atoms with Crippen molar-refractivity contribution >= 4 is 9.84 Å². The molecular formula is C22H25N3O3S. The summed E-state index contributed by atoms with van der Waals surface area (Å²) in [5, 5.41) is 4.48. The topological polar surface area (TPSA) is 64.4 Å². The molecule has 4 rings (SSSR count). The molecule has 0 radical (unpaired) electrons. The quantitative estimate of drug-likeness (QED) is 0.598. The summed E-state index contributed by atoms with van der Waals surface area (Å²) in [6, 6.07) is 17.9. The number of ether oxygens (including phenoxy) is 1. The first-order chi connectivity index (χ1) is 14.0. The van der Waals surface area contributed by atoms with Crippen LogP contribution in [0.25, 0.3) is 5.69 Å². The van der Waals surface area contributed by atoms with Crippen molar-refractivity contribution in [1.29, 1.82) is 0 Å². The molecule has 6 nitrogen and oxygen atoms in total. The van der Waals surface area contributed by atoms with Gasteiger partial charge in [0, 0.05) is 30.9 Å². The van der Waals surface area contributed by atoms with E-state index in [1.165, 1.54) is 0 Å². The normalized spacial score (nSPS) is 18.2. The fourth-order valence-electron chi connectivity index (χ4n) is 3.74. The number of aromatic nitrogens is 2. The van der Waals surface area contributed by atoms with Crippen molar-refractivity contribution < 1.29 is 13.2 Å². The van der Waals surface area contributed by atoms with Crippen LogP contribution in [-0.2, 0) is 22.9 Å². The molecule has 0 bridgehead atoms. The molecule has 1 atom stereocenters. The zero-order valence-electron chi connectivity index (χ0n) is 16.4. The molecule has 1 saturated heterocycles. The van der Waals surface area contributed by atoms with Crippen LogP contribution < -0.4 is 4.74 Å². The van der Waals surface area contributed by atoms with Crippen molar-refractivity contribution in [3.8, 4) is 11.4 Å². The van der Waals surface area contributed by atoms with Crippen LogP contribution in [0.5, 0.6) is 5.75 Å². The lowest BCUT2D eigenvalue weighted by atomic mass is 10.1. The van der Waals surface area contributed by atoms with Crippen LogP contribution in [0.4, 0.5) is 0 Å². The van der Waals surface area contributed by atoms with E-state index in [4.69, 9.17) is 4.74 Å². The molecule has 1 aliphatic heterocycles. The fourth-order valence-corrected chi connectivity index (χ4v) is 5.50. The van der Waals surface area contributed by atoms with Crippen molar-refractivity contribution in [2.75, 3.05) is 18.6 Å². The van der Waals surface area contributed by atoms with Crippen LogP contribution in [0.15, 0.2) is 67.0 Å². The van der Waals surface area contributed by atoms with Crippen LogP contribution >= 0.6 is 0 Å². The summed E-state index contributed by atoms with van der Waals surface area (Å²) < 4.78 is 31.2. The number of rotatable bonds is 7. The van der Waals surface area contributed by atoms with Crippen LogP contribution in [0.2, 0.25) is 0 Å². The molecule has 0 aliphatic carbocycles. The lowest BCUT2D eigenvalue weighted by Gasteiger charge is -2.27. The average molecular weight is 412 g/mol. The molecule has 1 unspecified atom stereocenters. The monoisotopic (exact) mass is 411 g/mol. The Morgan fingerprint density at radius 3 is 2.45 bits per heavy atom. The smallest absolute Gasteiger partial charge is 0.151 e. The van der Waals surface area contributed by atoms with Crippen molar-refractivity contribution in [3.63, 3.8) is 0 Å². The molecular weight excluding hydrogens is 386 g/mol. The second-order valence-corrected chi connectivity index (χ2v) is 9.67. The maximum atomic E-state index is 12.1. The zero-order valence-corrected chi connectivity index (χ0v) is 17.3. The number of hydrogen-bond acceptors (Lipinski definition) is 5. The first-order valence-electron chi connectivity index (χ1n) is 9.69. The third kappa shape index (κ3) is 4.86. The second-order valence-electron chi connectivity index (χ2n) is 7.44. The molecule has 2 aromatic carbocycles. The van der Waals surface area contributed by atoms with E-state index in [0.717, 1.165) is 22.6 Å². The maximum Gasteiger partial charge on any atom is 0.151 e. The minimum absolute atomic E-state index is 0.0159. The lowest BCUT2D eigenvalue weighted by Crippen LogP contribution is -2.35. The third-order valence-electron chi connectivity index (χ3n) is 5.31. The maximum absolute atomic E-state index is 12.1. The SMILES string of the molecule is COc1ccc(CN(Cc2cnn(-c3ccccc3)c2)C2CCS(=O)(=O)C2)cc1. The highest BCUT2D eigenvalue weighted by Gasteiger charge is 2.32. The molecule has 152 valence electrons. The lowest BCUT2D eigenvalue weighted by molar-refractivity contribution is 0.194. The Morgan fingerprint density at radius 1 is 1.07 bits per heavy atom. The van der Waals surface area contributed by atoms with Gasteiger partial charge in [0.1, 0.15) is 5.75 Å². The average Bonchev–Trinajstić information content (AvgIpc) is 3.35. The van der Waals surface area contributed by atoms with Gasteiger partial charge in [0.05, 0.1) is 30.5 Å². The van der Waals surface area contributed by atoms with Gasteiger partial charge >= 0.3 is 0 Å². The predicted molar refractivity (Wildman–Crippen MR) is 113 cm³/mol. The van der Waals surface area contributed by atoms with Gasteiger partial charge in [-0.2, -0.15) is 5.10 Å². The van der Waals surface area contributed by atoms with Crippen molar-refractivity contribution in [3.05, 3.63) is 78.1 Å². The van der Waals surface area contributed by atoms with E-state index in [1.807, 2.05) is 71.7 Å². The molecule has 0 N–H and O–H groups in total. The number of sulfone groups is 1. The number of hydrogen-bond donors (Lipinski definition) is 0. The van der Waals surface area contributed by atoms with Gasteiger partial charge in [-0.3, -0.25) is 4.90 Å². The standard InChI is InChI=1S/C22H25N3O3S/c1-28-22-9-7-18(8-10-22)14-24(21-11-12-29(26,27)17-21)15-19-13-23-25(16-19)20-5-3-2-4-6-20/h2-10,13,16,21H,11-12,14-15,17H2,1H3. The van der Waals surface area contributed by atoms with E-state index in [0.29, 0.717) is 19.5 Å². The summed E-state index contributed by atoms with van der Waals surface area (Å²) in [5.74, 6) is 1.30. The van der Waals surface area contributed by atoms with E-state index in [-0.39, 0.29) is 17.5 Å². The Balaban J connectivity index is 1.54. The minimum atomic E-state index is -2.96. The van der Waals surface area contributed by atoms with Crippen molar-refractivity contribution in [1.82, 2.24) is 14.7 Å². The minimum Gasteiger partial charge on any atom is -0.497 e. The summed E-state index contributed by atoms with van der Waals surface area (Å²) in [4.78, 5) is 2.25. The summed E-state index contributed by atoms with van der Waals surface area (Å²) in [6.07, 6.45) is 4.54. The van der Waals surface area contributed by atoms with Gasteiger partial charge in [0.15, 0.2) is 9.84 Å². The predicted octanol–water partition coefficient (Wildman–Crippen LogP) is 3.07. The van der Waals surface area contributed by atoms with Gasteiger partial charge in [0.2, 0.25) is 0 Å². The first kappa shape index (κ1) is 19.7. The number of benzene rings is 2. The van der Waals surface area contributed by atoms with Gasteiger partial charge < -0.3 is 4.74 Å². The summed E-state index contributed by atoms with van der Waals surface area (Å²) in [7, 11) is -1.31. The van der Waals surface area contributed by atoms with E-state index in [2.05, 4.69) is 10.00 Å². The number of methoxy groups -OCH3 is 1. The van der Waals surface area contributed by atoms with Gasteiger partial charge in [-0.05, 0) is 36.2 Å². The molecule has 0 amide bonds. The highest BCUT2D eigenvalue weighted by molar-refractivity contribution is 7.91. The molecule has 1 aromatic heterocycles. The Kier molecular flexibility index (Phi) is 5.69.